The number of unbranched alkanes of at least 4 members (excludes halogenated alkanes) is 1. The van der Waals surface area contributed by atoms with Gasteiger partial charge in [0.1, 0.15) is 0 Å². The monoisotopic (exact) mass is 478 g/mol. The van der Waals surface area contributed by atoms with Crippen molar-refractivity contribution in [3.63, 3.8) is 0 Å². The molecule has 0 spiro atoms. The molecule has 0 radical (unpaired) electrons. The highest BCUT2D eigenvalue weighted by Crippen LogP contribution is 2.39. The molecule has 0 amide bonds. The van der Waals surface area contributed by atoms with Crippen LogP contribution >= 0.6 is 11.6 Å². The van der Waals surface area contributed by atoms with Crippen LogP contribution in [0, 0.1) is 11.8 Å². The van der Waals surface area contributed by atoms with Crippen LogP contribution in [0.2, 0.25) is 0 Å². The maximum atomic E-state index is 10.6. The second-order valence-corrected chi connectivity index (χ2v) is 9.76. The number of carbonyl (C=O) groups is 1. The van der Waals surface area contributed by atoms with Crippen LogP contribution in [0.5, 0.6) is 0 Å². The molecule has 0 saturated heterocycles. The largest absolute Gasteiger partial charge is 0.481 e. The molecule has 1 unspecified atom stereocenters. The third kappa shape index (κ3) is 10.4. The van der Waals surface area contributed by atoms with Gasteiger partial charge in [0.2, 0.25) is 0 Å². The molecular formula is C27H39ClO5. The Morgan fingerprint density at radius 1 is 1.27 bits per heavy atom. The van der Waals surface area contributed by atoms with Crippen LogP contribution in [0.4, 0.5) is 0 Å². The van der Waals surface area contributed by atoms with Crippen LogP contribution in [0.15, 0.2) is 48.6 Å². The highest BCUT2D eigenvalue weighted by atomic mass is 35.5. The maximum absolute atomic E-state index is 10.6. The van der Waals surface area contributed by atoms with Crippen molar-refractivity contribution >= 4 is 17.6 Å². The van der Waals surface area contributed by atoms with E-state index in [1.165, 1.54) is 5.56 Å². The van der Waals surface area contributed by atoms with E-state index in [9.17, 15) is 15.0 Å². The fourth-order valence-corrected chi connectivity index (χ4v) is 4.75. The summed E-state index contributed by atoms with van der Waals surface area (Å²) >= 11 is 6.49. The number of ether oxygens (including phenoxy) is 1. The van der Waals surface area contributed by atoms with Gasteiger partial charge in [0.25, 0.3) is 0 Å². The number of aliphatic hydroxyl groups is 2. The molecule has 1 fully saturated rings. The van der Waals surface area contributed by atoms with E-state index in [1.807, 2.05) is 44.2 Å². The number of carboxylic acids is 1. The zero-order valence-corrected chi connectivity index (χ0v) is 20.5. The Bertz CT molecular complexity index is 776. The number of rotatable bonds is 14. The zero-order chi connectivity index (χ0) is 24.2. The molecular weight excluding hydrogens is 440 g/mol. The van der Waals surface area contributed by atoms with E-state index in [4.69, 9.17) is 21.4 Å². The third-order valence-corrected chi connectivity index (χ3v) is 6.54. The van der Waals surface area contributed by atoms with Gasteiger partial charge < -0.3 is 20.1 Å². The Kier molecular flexibility index (Phi) is 12.2. The SMILES string of the molecule is CC(C)OCCc1cccc(CC(O)/C=C/[C@@H]2[C@@H](C/C=C\CCCC(=O)O)[C@H](Cl)C[C@H]2O)c1. The molecule has 1 saturated carbocycles. The third-order valence-electron chi connectivity index (χ3n) is 6.04. The van der Waals surface area contributed by atoms with Gasteiger partial charge in [0, 0.05) is 24.1 Å². The van der Waals surface area contributed by atoms with Crippen molar-refractivity contribution in [1.29, 1.82) is 0 Å². The molecule has 184 valence electrons. The normalized spacial score (nSPS) is 24.3. The first-order valence-electron chi connectivity index (χ1n) is 12.0. The summed E-state index contributed by atoms with van der Waals surface area (Å²) in [5, 5.41) is 29.6. The number of halogens is 1. The molecule has 1 aliphatic carbocycles. The zero-order valence-electron chi connectivity index (χ0n) is 19.8. The van der Waals surface area contributed by atoms with Crippen LogP contribution in [-0.4, -0.2) is 51.6 Å². The first kappa shape index (κ1) is 27.6. The number of carboxylic acid groups (broad SMARTS) is 1. The van der Waals surface area contributed by atoms with E-state index in [1.54, 1.807) is 6.08 Å². The fourth-order valence-electron chi connectivity index (χ4n) is 4.30. The Morgan fingerprint density at radius 2 is 2.03 bits per heavy atom. The predicted molar refractivity (Wildman–Crippen MR) is 133 cm³/mol. The van der Waals surface area contributed by atoms with Crippen molar-refractivity contribution in [2.24, 2.45) is 11.8 Å². The van der Waals surface area contributed by atoms with Gasteiger partial charge in [-0.15, -0.1) is 11.6 Å². The van der Waals surface area contributed by atoms with Gasteiger partial charge in [-0.1, -0.05) is 48.6 Å². The Morgan fingerprint density at radius 3 is 2.76 bits per heavy atom. The standard InChI is InChI=1S/C27H39ClO5/c1-19(2)33-15-14-20-8-7-9-21(16-20)17-22(29)12-13-24-23(25(28)18-26(24)30)10-5-3-4-6-11-27(31)32/h3,5,7-9,12-13,16,19,22-26,29-30H,4,6,10-11,14-15,17-18H2,1-2H3,(H,31,32)/b5-3-,13-12+/t22?,23-,24-,25-,26-/m1/s1. The van der Waals surface area contributed by atoms with Crippen molar-refractivity contribution in [3.05, 3.63) is 59.7 Å². The quantitative estimate of drug-likeness (QED) is 0.201. The van der Waals surface area contributed by atoms with E-state index in [2.05, 4.69) is 12.1 Å². The highest BCUT2D eigenvalue weighted by molar-refractivity contribution is 6.21. The van der Waals surface area contributed by atoms with Crippen LogP contribution in [0.1, 0.15) is 57.1 Å². The lowest BCUT2D eigenvalue weighted by Gasteiger charge is -2.19. The van der Waals surface area contributed by atoms with Crippen molar-refractivity contribution in [1.82, 2.24) is 0 Å². The van der Waals surface area contributed by atoms with Gasteiger partial charge in [0.15, 0.2) is 0 Å². The fraction of sp³-hybridized carbons (Fsp3) is 0.593. The molecule has 6 heteroatoms. The minimum Gasteiger partial charge on any atom is -0.481 e. The van der Waals surface area contributed by atoms with Crippen LogP contribution in [-0.2, 0) is 22.4 Å². The predicted octanol–water partition coefficient (Wildman–Crippen LogP) is 4.92. The summed E-state index contributed by atoms with van der Waals surface area (Å²) in [5.74, 6) is -0.797. The van der Waals surface area contributed by atoms with E-state index < -0.39 is 18.2 Å². The van der Waals surface area contributed by atoms with Gasteiger partial charge in [-0.3, -0.25) is 4.79 Å². The summed E-state index contributed by atoms with van der Waals surface area (Å²) in [4.78, 5) is 10.6. The number of aliphatic hydroxyl groups excluding tert-OH is 2. The summed E-state index contributed by atoms with van der Waals surface area (Å²) < 4.78 is 5.62. The summed E-state index contributed by atoms with van der Waals surface area (Å²) in [6.07, 6.45) is 10.9. The summed E-state index contributed by atoms with van der Waals surface area (Å²) in [6, 6.07) is 8.21. The molecule has 1 aliphatic rings. The van der Waals surface area contributed by atoms with Crippen molar-refractivity contribution in [2.75, 3.05) is 6.61 Å². The molecule has 2 rings (SSSR count). The number of alkyl halides is 1. The van der Waals surface area contributed by atoms with Gasteiger partial charge in [-0.05, 0) is 63.0 Å². The van der Waals surface area contributed by atoms with Crippen molar-refractivity contribution in [2.45, 2.75) is 82.5 Å². The second kappa shape index (κ2) is 14.6. The first-order valence-corrected chi connectivity index (χ1v) is 12.4. The lowest BCUT2D eigenvalue weighted by atomic mass is 9.90. The number of hydrogen-bond donors (Lipinski definition) is 3. The minimum absolute atomic E-state index is 0.0881. The second-order valence-electron chi connectivity index (χ2n) is 9.20. The summed E-state index contributed by atoms with van der Waals surface area (Å²) in [7, 11) is 0. The molecule has 1 aromatic rings. The summed E-state index contributed by atoms with van der Waals surface area (Å²) in [6.45, 7) is 4.73. The molecule has 33 heavy (non-hydrogen) atoms. The molecule has 1 aromatic carbocycles. The molecule has 0 heterocycles. The van der Waals surface area contributed by atoms with Gasteiger partial charge in [-0.25, -0.2) is 0 Å². The smallest absolute Gasteiger partial charge is 0.303 e. The van der Waals surface area contributed by atoms with Crippen LogP contribution in [0.3, 0.4) is 0 Å². The highest BCUT2D eigenvalue weighted by Gasteiger charge is 2.39. The van der Waals surface area contributed by atoms with E-state index in [0.717, 1.165) is 24.8 Å². The number of hydrogen-bond acceptors (Lipinski definition) is 4. The topological polar surface area (TPSA) is 87.0 Å². The van der Waals surface area contributed by atoms with Crippen molar-refractivity contribution < 1.29 is 24.9 Å². The molecule has 5 atom stereocenters. The summed E-state index contributed by atoms with van der Waals surface area (Å²) in [5.41, 5.74) is 2.26. The molecule has 0 aliphatic heterocycles. The van der Waals surface area contributed by atoms with Crippen molar-refractivity contribution in [3.8, 4) is 0 Å². The molecule has 0 aromatic heterocycles. The van der Waals surface area contributed by atoms with E-state index in [-0.39, 0.29) is 29.7 Å². The number of benzene rings is 1. The Labute approximate surface area is 203 Å². The Hall–Kier alpha value is -1.66. The molecule has 0 bridgehead atoms. The van der Waals surface area contributed by atoms with Crippen LogP contribution in [0.25, 0.3) is 0 Å². The molecule has 3 N–H and O–H groups in total. The average molecular weight is 479 g/mol. The van der Waals surface area contributed by atoms with Gasteiger partial charge in [0.05, 0.1) is 24.9 Å². The lowest BCUT2D eigenvalue weighted by molar-refractivity contribution is -0.137. The van der Waals surface area contributed by atoms with Gasteiger partial charge >= 0.3 is 5.97 Å². The average Bonchev–Trinajstić information content (AvgIpc) is 3.01. The number of aliphatic carboxylic acids is 1. The Balaban J connectivity index is 1.87. The van der Waals surface area contributed by atoms with E-state index >= 15 is 0 Å². The minimum atomic E-state index is -0.779. The first-order chi connectivity index (χ1) is 15.8. The number of allylic oxidation sites excluding steroid dienone is 2. The van der Waals surface area contributed by atoms with E-state index in [0.29, 0.717) is 25.9 Å². The molecule has 5 nitrogen and oxygen atoms in total. The lowest BCUT2D eigenvalue weighted by Crippen LogP contribution is -2.19. The van der Waals surface area contributed by atoms with Gasteiger partial charge in [-0.2, -0.15) is 0 Å². The van der Waals surface area contributed by atoms with Crippen LogP contribution < -0.4 is 0 Å². The maximum Gasteiger partial charge on any atom is 0.303 e.